The van der Waals surface area contributed by atoms with Gasteiger partial charge in [-0.1, -0.05) is 13.8 Å². The smallest absolute Gasteiger partial charge is 0.00405 e. The third-order valence-electron chi connectivity index (χ3n) is 2.03. The molecule has 0 amide bonds. The lowest BCUT2D eigenvalue weighted by Gasteiger charge is -2.37. The van der Waals surface area contributed by atoms with Crippen LogP contribution in [0.2, 0.25) is 0 Å². The zero-order chi connectivity index (χ0) is 7.61. The van der Waals surface area contributed by atoms with Crippen LogP contribution in [-0.4, -0.2) is 30.3 Å². The van der Waals surface area contributed by atoms with E-state index in [0.717, 1.165) is 5.75 Å². The van der Waals surface area contributed by atoms with E-state index >= 15 is 0 Å². The summed E-state index contributed by atoms with van der Waals surface area (Å²) in [5.74, 6) is 0.990. The van der Waals surface area contributed by atoms with E-state index in [-0.39, 0.29) is 0 Å². The highest BCUT2D eigenvalue weighted by molar-refractivity contribution is 7.80. The standard InChI is InChI=1S/C8H17NS/c1-8(2,7-10)6-9-4-3-5-9/h10H,3-7H2,1-2H3. The summed E-state index contributed by atoms with van der Waals surface area (Å²) in [6.45, 7) is 8.38. The summed E-state index contributed by atoms with van der Waals surface area (Å²) in [7, 11) is 0. The lowest BCUT2D eigenvalue weighted by molar-refractivity contribution is 0.127. The number of hydrogen-bond donors (Lipinski definition) is 1. The van der Waals surface area contributed by atoms with E-state index < -0.39 is 0 Å². The Kier molecular flexibility index (Phi) is 2.64. The van der Waals surface area contributed by atoms with Gasteiger partial charge in [-0.3, -0.25) is 0 Å². The van der Waals surface area contributed by atoms with Gasteiger partial charge in [0.05, 0.1) is 0 Å². The molecule has 1 heterocycles. The summed E-state index contributed by atoms with van der Waals surface area (Å²) >= 11 is 4.31. The fraction of sp³-hybridized carbons (Fsp3) is 1.00. The molecule has 0 aliphatic carbocycles. The van der Waals surface area contributed by atoms with Crippen LogP contribution in [0, 0.1) is 5.41 Å². The van der Waals surface area contributed by atoms with Gasteiger partial charge >= 0.3 is 0 Å². The fourth-order valence-corrected chi connectivity index (χ4v) is 1.30. The van der Waals surface area contributed by atoms with Gasteiger partial charge in [-0.2, -0.15) is 12.6 Å². The molecule has 1 nitrogen and oxygen atoms in total. The molecule has 1 saturated heterocycles. The van der Waals surface area contributed by atoms with Crippen molar-refractivity contribution < 1.29 is 0 Å². The van der Waals surface area contributed by atoms with Crippen LogP contribution in [0.5, 0.6) is 0 Å². The largest absolute Gasteiger partial charge is 0.303 e. The Bertz CT molecular complexity index is 108. The van der Waals surface area contributed by atoms with Crippen molar-refractivity contribution in [3.05, 3.63) is 0 Å². The van der Waals surface area contributed by atoms with Gasteiger partial charge in [0.15, 0.2) is 0 Å². The molecule has 0 atom stereocenters. The molecule has 2 heteroatoms. The van der Waals surface area contributed by atoms with Gasteiger partial charge in [-0.05, 0) is 30.7 Å². The second-order valence-electron chi connectivity index (χ2n) is 3.95. The van der Waals surface area contributed by atoms with Crippen molar-refractivity contribution in [3.8, 4) is 0 Å². The van der Waals surface area contributed by atoms with Crippen molar-refractivity contribution >= 4 is 12.6 Å². The first-order valence-corrected chi connectivity index (χ1v) is 4.60. The second-order valence-corrected chi connectivity index (χ2v) is 4.27. The highest BCUT2D eigenvalue weighted by Crippen LogP contribution is 2.21. The molecule has 0 aromatic carbocycles. The number of likely N-dealkylation sites (tertiary alicyclic amines) is 1. The van der Waals surface area contributed by atoms with Gasteiger partial charge in [-0.25, -0.2) is 0 Å². The monoisotopic (exact) mass is 159 g/mol. The van der Waals surface area contributed by atoms with Gasteiger partial charge < -0.3 is 4.90 Å². The van der Waals surface area contributed by atoms with E-state index in [9.17, 15) is 0 Å². The molecule has 1 aliphatic heterocycles. The molecular formula is C8H17NS. The van der Waals surface area contributed by atoms with Gasteiger partial charge in [0.1, 0.15) is 0 Å². The first kappa shape index (κ1) is 8.41. The molecular weight excluding hydrogens is 142 g/mol. The lowest BCUT2D eigenvalue weighted by atomic mass is 9.94. The quantitative estimate of drug-likeness (QED) is 0.613. The summed E-state index contributed by atoms with van der Waals surface area (Å²) in [6, 6.07) is 0. The number of hydrogen-bond acceptors (Lipinski definition) is 2. The minimum atomic E-state index is 0.406. The summed E-state index contributed by atoms with van der Waals surface area (Å²) in [4.78, 5) is 2.50. The number of nitrogens with zero attached hydrogens (tertiary/aromatic N) is 1. The zero-order valence-corrected chi connectivity index (χ0v) is 7.82. The summed E-state index contributed by atoms with van der Waals surface area (Å²) in [5, 5.41) is 0. The molecule has 0 spiro atoms. The van der Waals surface area contributed by atoms with E-state index in [1.54, 1.807) is 0 Å². The van der Waals surface area contributed by atoms with Crippen LogP contribution in [0.4, 0.5) is 0 Å². The van der Waals surface area contributed by atoms with Gasteiger partial charge in [0.25, 0.3) is 0 Å². The molecule has 60 valence electrons. The molecule has 1 aliphatic rings. The first-order chi connectivity index (χ1) is 4.64. The zero-order valence-electron chi connectivity index (χ0n) is 6.93. The molecule has 0 bridgehead atoms. The molecule has 0 unspecified atom stereocenters. The van der Waals surface area contributed by atoms with Crippen molar-refractivity contribution in [2.24, 2.45) is 5.41 Å². The Morgan fingerprint density at radius 1 is 1.40 bits per heavy atom. The Hall–Kier alpha value is 0.310. The summed E-state index contributed by atoms with van der Waals surface area (Å²) < 4.78 is 0. The molecule has 10 heavy (non-hydrogen) atoms. The topological polar surface area (TPSA) is 3.24 Å². The lowest BCUT2D eigenvalue weighted by Crippen LogP contribution is -2.43. The van der Waals surface area contributed by atoms with Crippen molar-refractivity contribution in [2.45, 2.75) is 20.3 Å². The first-order valence-electron chi connectivity index (χ1n) is 3.97. The van der Waals surface area contributed by atoms with Gasteiger partial charge in [0, 0.05) is 6.54 Å². The van der Waals surface area contributed by atoms with Crippen LogP contribution in [0.3, 0.4) is 0 Å². The van der Waals surface area contributed by atoms with E-state index in [1.165, 1.54) is 26.1 Å². The molecule has 1 fully saturated rings. The maximum Gasteiger partial charge on any atom is 0.00405 e. The van der Waals surface area contributed by atoms with E-state index in [0.29, 0.717) is 5.41 Å². The summed E-state index contributed by atoms with van der Waals surface area (Å²) in [6.07, 6.45) is 1.39. The minimum Gasteiger partial charge on any atom is -0.303 e. The van der Waals surface area contributed by atoms with Gasteiger partial charge in [-0.15, -0.1) is 0 Å². The molecule has 0 radical (unpaired) electrons. The van der Waals surface area contributed by atoms with Crippen LogP contribution in [0.25, 0.3) is 0 Å². The summed E-state index contributed by atoms with van der Waals surface area (Å²) in [5.41, 5.74) is 0.406. The second kappa shape index (κ2) is 3.14. The molecule has 1 rings (SSSR count). The van der Waals surface area contributed by atoms with Gasteiger partial charge in [0.2, 0.25) is 0 Å². The predicted molar refractivity (Wildman–Crippen MR) is 48.7 cm³/mol. The van der Waals surface area contributed by atoms with E-state index in [1.807, 2.05) is 0 Å². The van der Waals surface area contributed by atoms with E-state index in [4.69, 9.17) is 0 Å². The van der Waals surface area contributed by atoms with Crippen molar-refractivity contribution in [1.82, 2.24) is 4.90 Å². The fourth-order valence-electron chi connectivity index (χ4n) is 1.20. The Labute approximate surface area is 69.2 Å². The SMILES string of the molecule is CC(C)(CS)CN1CCC1. The highest BCUT2D eigenvalue weighted by atomic mass is 32.1. The molecule has 0 N–H and O–H groups in total. The van der Waals surface area contributed by atoms with Crippen LogP contribution >= 0.6 is 12.6 Å². The Morgan fingerprint density at radius 3 is 2.30 bits per heavy atom. The number of thiol groups is 1. The third kappa shape index (κ3) is 2.17. The average Bonchev–Trinajstić information content (AvgIpc) is 1.80. The van der Waals surface area contributed by atoms with Crippen molar-refractivity contribution in [3.63, 3.8) is 0 Å². The average molecular weight is 159 g/mol. The molecule has 0 aromatic rings. The molecule has 0 aromatic heterocycles. The van der Waals surface area contributed by atoms with E-state index in [2.05, 4.69) is 31.4 Å². The Balaban J connectivity index is 2.21. The van der Waals surface area contributed by atoms with Crippen molar-refractivity contribution in [2.75, 3.05) is 25.4 Å². The van der Waals surface area contributed by atoms with Crippen LogP contribution in [0.1, 0.15) is 20.3 Å². The Morgan fingerprint density at radius 2 is 2.00 bits per heavy atom. The van der Waals surface area contributed by atoms with Crippen LogP contribution < -0.4 is 0 Å². The minimum absolute atomic E-state index is 0.406. The number of rotatable bonds is 3. The van der Waals surface area contributed by atoms with Crippen molar-refractivity contribution in [1.29, 1.82) is 0 Å². The van der Waals surface area contributed by atoms with Crippen LogP contribution in [-0.2, 0) is 0 Å². The maximum atomic E-state index is 4.31. The normalized spacial score (nSPS) is 20.7. The van der Waals surface area contributed by atoms with Crippen LogP contribution in [0.15, 0.2) is 0 Å². The molecule has 0 saturated carbocycles. The predicted octanol–water partition coefficient (Wildman–Crippen LogP) is 1.65. The third-order valence-corrected chi connectivity index (χ3v) is 2.88. The maximum absolute atomic E-state index is 4.31. The highest BCUT2D eigenvalue weighted by Gasteiger charge is 2.23.